The minimum atomic E-state index is -0.618. The van der Waals surface area contributed by atoms with Gasteiger partial charge < -0.3 is 4.42 Å². The topological polar surface area (TPSA) is 13.1 Å². The zero-order valence-corrected chi connectivity index (χ0v) is 24.3. The van der Waals surface area contributed by atoms with Crippen LogP contribution in [0, 0.1) is 0 Å². The Hall–Kier alpha value is -5.92. The van der Waals surface area contributed by atoms with E-state index in [1.54, 1.807) is 18.2 Å². The molecule has 0 atom stereocenters. The maximum absolute atomic E-state index is 9.28. The molecule has 1 aromatic heterocycles. The van der Waals surface area contributed by atoms with Crippen molar-refractivity contribution in [2.24, 2.45) is 0 Å². The van der Waals surface area contributed by atoms with Gasteiger partial charge in [0.2, 0.25) is 0 Å². The number of hydrogen-bond acceptors (Lipinski definition) is 1. The third kappa shape index (κ3) is 4.40. The van der Waals surface area contributed by atoms with Gasteiger partial charge in [0.25, 0.3) is 0 Å². The molecule has 8 aromatic carbocycles. The summed E-state index contributed by atoms with van der Waals surface area (Å²) < 4.78 is 121. The van der Waals surface area contributed by atoms with Crippen LogP contribution in [0.3, 0.4) is 0 Å². The zero-order valence-electron chi connectivity index (χ0n) is 37.3. The Balaban J connectivity index is 1.36. The maximum Gasteiger partial charge on any atom is 0.143 e. The first-order valence-corrected chi connectivity index (χ1v) is 14.8. The molecule has 0 spiro atoms. The summed E-state index contributed by atoms with van der Waals surface area (Å²) in [6.07, 6.45) is -0.493. The lowest BCUT2D eigenvalue weighted by molar-refractivity contribution is 0.670. The zero-order chi connectivity index (χ0) is 41.8. The lowest BCUT2D eigenvalue weighted by Crippen LogP contribution is -1.95. The van der Waals surface area contributed by atoms with Crippen molar-refractivity contribution in [2.45, 2.75) is 6.42 Å². The first-order valence-electron chi connectivity index (χ1n) is 21.3. The predicted molar refractivity (Wildman–Crippen MR) is 194 cm³/mol. The van der Waals surface area contributed by atoms with Crippen LogP contribution in [0.15, 0.2) is 174 Å². The third-order valence-corrected chi connectivity index (χ3v) is 8.45. The Morgan fingerprint density at radius 2 is 1.11 bits per heavy atom. The van der Waals surface area contributed by atoms with Crippen LogP contribution >= 0.6 is 0 Å². The van der Waals surface area contributed by atoms with Crippen LogP contribution in [0.25, 0.3) is 76.9 Å². The summed E-state index contributed by atoms with van der Waals surface area (Å²) in [5.74, 6) is 0. The van der Waals surface area contributed by atoms with E-state index in [1.165, 1.54) is 0 Å². The van der Waals surface area contributed by atoms with E-state index in [0.29, 0.717) is 22.3 Å². The van der Waals surface area contributed by atoms with Crippen LogP contribution in [-0.4, -0.2) is 0 Å². The molecular weight excluding hydrogens is 556 g/mol. The first-order chi connectivity index (χ1) is 28.2. The first kappa shape index (κ1) is 16.4. The highest BCUT2D eigenvalue weighted by Gasteiger charge is 2.18. The molecule has 1 nitrogen and oxygen atoms in total. The summed E-state index contributed by atoms with van der Waals surface area (Å²) in [5.41, 5.74) is 5.02. The molecule has 0 amide bonds. The van der Waals surface area contributed by atoms with Crippen LogP contribution in [0.4, 0.5) is 0 Å². The largest absolute Gasteiger partial charge is 0.455 e. The number of para-hydroxylation sites is 1. The van der Waals surface area contributed by atoms with Crippen molar-refractivity contribution in [1.82, 2.24) is 0 Å². The van der Waals surface area contributed by atoms with Crippen molar-refractivity contribution in [3.8, 4) is 33.4 Å². The van der Waals surface area contributed by atoms with Gasteiger partial charge in [0.05, 0.1) is 17.8 Å². The number of furan rings is 1. The monoisotopic (exact) mass is 599 g/mol. The molecule has 0 aliphatic carbocycles. The SMILES string of the molecule is [2H]c1c([2H])c([2H])c(Cc2c3c([2H])c([2H])c([2H])c([2H])c3c(-c3cccc(-c4cccc5c4oc4cc(-c6ccccc6)ccc45)c3)c3c([2H])c([2H])c([2H])c([2H])c23)c([2H])c1[2H]. The summed E-state index contributed by atoms with van der Waals surface area (Å²) >= 11 is 0. The molecule has 0 fully saturated rings. The Morgan fingerprint density at radius 3 is 1.87 bits per heavy atom. The van der Waals surface area contributed by atoms with Gasteiger partial charge in [-0.1, -0.05) is 151 Å². The van der Waals surface area contributed by atoms with Crippen LogP contribution < -0.4 is 0 Å². The smallest absolute Gasteiger partial charge is 0.143 e. The summed E-state index contributed by atoms with van der Waals surface area (Å²) in [6.45, 7) is 0. The van der Waals surface area contributed by atoms with Crippen molar-refractivity contribution in [1.29, 1.82) is 0 Å². The van der Waals surface area contributed by atoms with Crippen LogP contribution in [0.1, 0.15) is 28.9 Å². The highest BCUT2D eigenvalue weighted by molar-refractivity contribution is 6.16. The quantitative estimate of drug-likeness (QED) is 0.179. The van der Waals surface area contributed by atoms with E-state index < -0.39 is 85.0 Å². The molecule has 0 radical (unpaired) electrons. The van der Waals surface area contributed by atoms with Crippen LogP contribution in [0.2, 0.25) is 0 Å². The van der Waals surface area contributed by atoms with Gasteiger partial charge in [-0.15, -0.1) is 0 Å². The maximum atomic E-state index is 9.28. The fourth-order valence-electron chi connectivity index (χ4n) is 6.39. The summed E-state index contributed by atoms with van der Waals surface area (Å²) in [6, 6.07) is 21.7. The normalized spacial score (nSPS) is 15.5. The molecule has 216 valence electrons. The van der Waals surface area contributed by atoms with Crippen molar-refractivity contribution in [3.05, 3.63) is 181 Å². The number of benzene rings is 8. The van der Waals surface area contributed by atoms with E-state index in [2.05, 4.69) is 0 Å². The van der Waals surface area contributed by atoms with Gasteiger partial charge in [0.1, 0.15) is 11.2 Å². The molecule has 0 unspecified atom stereocenters. The van der Waals surface area contributed by atoms with E-state index in [0.717, 1.165) is 27.5 Å². The minimum absolute atomic E-state index is 0.0191. The van der Waals surface area contributed by atoms with Gasteiger partial charge >= 0.3 is 0 Å². The van der Waals surface area contributed by atoms with Gasteiger partial charge in [0.15, 0.2) is 0 Å². The Morgan fingerprint density at radius 1 is 0.457 bits per heavy atom. The van der Waals surface area contributed by atoms with E-state index in [9.17, 15) is 5.48 Å². The molecule has 1 heteroatoms. The Kier molecular flexibility index (Phi) is 3.89. The van der Waals surface area contributed by atoms with Gasteiger partial charge in [-0.05, 0) is 85.1 Å². The van der Waals surface area contributed by atoms with Crippen molar-refractivity contribution in [2.75, 3.05) is 0 Å². The molecule has 0 N–H and O–H groups in total. The van der Waals surface area contributed by atoms with Gasteiger partial charge in [-0.2, -0.15) is 0 Å². The van der Waals surface area contributed by atoms with E-state index in [-0.39, 0.29) is 38.2 Å². The van der Waals surface area contributed by atoms with E-state index in [1.807, 2.05) is 72.8 Å². The highest BCUT2D eigenvalue weighted by atomic mass is 16.3. The molecule has 9 rings (SSSR count). The average molecular weight is 600 g/mol. The molecule has 0 bridgehead atoms. The van der Waals surface area contributed by atoms with Crippen LogP contribution in [0.5, 0.6) is 0 Å². The number of hydrogen-bond donors (Lipinski definition) is 0. The van der Waals surface area contributed by atoms with Crippen molar-refractivity contribution in [3.63, 3.8) is 0 Å². The van der Waals surface area contributed by atoms with Gasteiger partial charge in [0, 0.05) is 16.3 Å². The molecule has 9 aromatic rings. The second-order valence-electron chi connectivity index (χ2n) is 11.1. The molecule has 0 aliphatic heterocycles. The summed E-state index contributed by atoms with van der Waals surface area (Å²) in [4.78, 5) is 0. The molecule has 0 saturated heterocycles. The molecule has 0 aliphatic rings. The fourth-order valence-corrected chi connectivity index (χ4v) is 6.39. The fraction of sp³-hybridized carbons (Fsp3) is 0.0222. The lowest BCUT2D eigenvalue weighted by Gasteiger charge is -2.18. The van der Waals surface area contributed by atoms with Crippen LogP contribution in [-0.2, 0) is 6.42 Å². The number of rotatable bonds is 5. The van der Waals surface area contributed by atoms with E-state index >= 15 is 0 Å². The highest BCUT2D eigenvalue weighted by Crippen LogP contribution is 2.42. The minimum Gasteiger partial charge on any atom is -0.455 e. The molecule has 46 heavy (non-hydrogen) atoms. The average Bonchev–Trinajstić information content (AvgIpc) is 3.64. The Bertz CT molecular complexity index is 3170. The lowest BCUT2D eigenvalue weighted by atomic mass is 9.85. The third-order valence-electron chi connectivity index (χ3n) is 8.45. The number of fused-ring (bicyclic) bond motifs is 5. The second-order valence-corrected chi connectivity index (χ2v) is 11.1. The van der Waals surface area contributed by atoms with Gasteiger partial charge in [-0.3, -0.25) is 0 Å². The molecular formula is C45H30O. The Labute approximate surface area is 286 Å². The van der Waals surface area contributed by atoms with E-state index in [4.69, 9.17) is 16.8 Å². The van der Waals surface area contributed by atoms with Gasteiger partial charge in [-0.25, -0.2) is 0 Å². The summed E-state index contributed by atoms with van der Waals surface area (Å²) in [5, 5.41) is 1.53. The van der Waals surface area contributed by atoms with Crippen molar-refractivity contribution < 1.29 is 22.2 Å². The van der Waals surface area contributed by atoms with Crippen molar-refractivity contribution >= 4 is 43.5 Å². The molecule has 0 saturated carbocycles. The second kappa shape index (κ2) is 10.9. The predicted octanol–water partition coefficient (Wildman–Crippen LogP) is 12.5. The standard InChI is InChI=1S/C45H30O/c1-3-13-30(14-4-1)27-42-36-19-7-9-21-39(36)44(40-22-10-8-20-37(40)42)34-18-11-17-33(28-34)35-23-12-24-41-38-26-25-32(29-43(38)46-45(35)41)31-15-5-2-6-16-31/h1-26,28-29H,27H2/i1D,3D,4D,7D,8D,9D,10D,13D,14D,19D,20D,21D,22D. The summed E-state index contributed by atoms with van der Waals surface area (Å²) in [7, 11) is 0. The molecule has 1 heterocycles.